The molecule has 2 aromatic heterocycles. The number of aryl methyl sites for hydroxylation is 3. The van der Waals surface area contributed by atoms with Crippen LogP contribution in [0.3, 0.4) is 0 Å². The summed E-state index contributed by atoms with van der Waals surface area (Å²) >= 11 is 0. The third-order valence-corrected chi connectivity index (χ3v) is 4.98. The fourth-order valence-corrected chi connectivity index (χ4v) is 3.51. The number of nitrogens with zero attached hydrogens (tertiary/aromatic N) is 6. The van der Waals surface area contributed by atoms with Crippen molar-refractivity contribution in [3.05, 3.63) is 23.4 Å². The van der Waals surface area contributed by atoms with Crippen LogP contribution in [0.2, 0.25) is 0 Å². The highest BCUT2D eigenvalue weighted by atomic mass is 16.5. The first-order chi connectivity index (χ1) is 12.1. The summed E-state index contributed by atoms with van der Waals surface area (Å²) in [5.74, 6) is 3.69. The van der Waals surface area contributed by atoms with Crippen LogP contribution in [0.25, 0.3) is 0 Å². The van der Waals surface area contributed by atoms with E-state index in [9.17, 15) is 4.79 Å². The van der Waals surface area contributed by atoms with Crippen molar-refractivity contribution >= 4 is 5.91 Å². The van der Waals surface area contributed by atoms with Crippen molar-refractivity contribution in [2.75, 3.05) is 13.1 Å². The van der Waals surface area contributed by atoms with Gasteiger partial charge in [0.25, 0.3) is 0 Å². The molecule has 2 aromatic rings. The lowest BCUT2D eigenvalue weighted by Gasteiger charge is -2.33. The zero-order valence-electron chi connectivity index (χ0n) is 14.8. The zero-order valence-corrected chi connectivity index (χ0v) is 14.8. The number of piperidine rings is 1. The number of carbonyl (C=O) groups is 1. The Balaban J connectivity index is 1.33. The van der Waals surface area contributed by atoms with Gasteiger partial charge in [-0.2, -0.15) is 10.1 Å². The van der Waals surface area contributed by atoms with E-state index < -0.39 is 0 Å². The molecule has 0 N–H and O–H groups in total. The Morgan fingerprint density at radius 3 is 2.80 bits per heavy atom. The van der Waals surface area contributed by atoms with Gasteiger partial charge in [-0.1, -0.05) is 5.16 Å². The second-order valence-electron chi connectivity index (χ2n) is 7.11. The fraction of sp³-hybridized carbons (Fsp3) is 0.706. The van der Waals surface area contributed by atoms with E-state index in [1.165, 1.54) is 0 Å². The van der Waals surface area contributed by atoms with Gasteiger partial charge in [-0.3, -0.25) is 4.79 Å². The van der Waals surface area contributed by atoms with Crippen LogP contribution in [-0.2, 0) is 11.2 Å². The molecule has 0 spiro atoms. The maximum absolute atomic E-state index is 12.6. The lowest BCUT2D eigenvalue weighted by molar-refractivity contribution is -0.133. The molecule has 1 saturated carbocycles. The molecule has 0 bridgehead atoms. The first-order valence-corrected chi connectivity index (χ1v) is 9.10. The van der Waals surface area contributed by atoms with Gasteiger partial charge in [0.05, 0.1) is 6.04 Å². The Bertz CT molecular complexity index is 763. The molecule has 2 fully saturated rings. The predicted molar refractivity (Wildman–Crippen MR) is 88.9 cm³/mol. The van der Waals surface area contributed by atoms with E-state index in [1.807, 2.05) is 23.4 Å². The Morgan fingerprint density at radius 1 is 1.24 bits per heavy atom. The highest BCUT2D eigenvalue weighted by molar-refractivity contribution is 5.76. The van der Waals surface area contributed by atoms with E-state index in [0.29, 0.717) is 31.2 Å². The number of hydrogen-bond acceptors (Lipinski definition) is 6. The Hall–Kier alpha value is -2.25. The van der Waals surface area contributed by atoms with E-state index in [1.54, 1.807) is 0 Å². The van der Waals surface area contributed by atoms with Crippen LogP contribution in [0, 0.1) is 13.8 Å². The molecule has 0 aromatic carbocycles. The van der Waals surface area contributed by atoms with Crippen molar-refractivity contribution in [1.29, 1.82) is 0 Å². The van der Waals surface area contributed by atoms with Crippen molar-refractivity contribution in [2.45, 2.75) is 64.3 Å². The molecule has 8 heteroatoms. The maximum atomic E-state index is 12.6. The van der Waals surface area contributed by atoms with E-state index in [4.69, 9.17) is 4.52 Å². The second kappa shape index (κ2) is 6.57. The molecule has 2 aliphatic rings. The van der Waals surface area contributed by atoms with E-state index >= 15 is 0 Å². The normalized spacial score (nSPS) is 20.9. The molecule has 25 heavy (non-hydrogen) atoms. The van der Waals surface area contributed by atoms with Gasteiger partial charge in [0.2, 0.25) is 11.8 Å². The molecule has 0 unspecified atom stereocenters. The summed E-state index contributed by atoms with van der Waals surface area (Å²) in [4.78, 5) is 23.3. The highest BCUT2D eigenvalue weighted by Crippen LogP contribution is 2.38. The number of likely N-dealkylation sites (tertiary alicyclic amines) is 1. The Kier molecular flexibility index (Phi) is 4.27. The molecule has 3 heterocycles. The van der Waals surface area contributed by atoms with Crippen LogP contribution in [0.1, 0.15) is 67.4 Å². The van der Waals surface area contributed by atoms with Gasteiger partial charge in [-0.25, -0.2) is 9.67 Å². The average Bonchev–Trinajstić information content (AvgIpc) is 3.25. The van der Waals surface area contributed by atoms with Gasteiger partial charge < -0.3 is 9.42 Å². The summed E-state index contributed by atoms with van der Waals surface area (Å²) < 4.78 is 7.23. The zero-order chi connectivity index (χ0) is 17.4. The number of aromatic nitrogens is 5. The van der Waals surface area contributed by atoms with Crippen molar-refractivity contribution < 1.29 is 9.32 Å². The molecular weight excluding hydrogens is 320 g/mol. The molecule has 1 atom stereocenters. The molecule has 134 valence electrons. The molecule has 1 aliphatic carbocycles. The summed E-state index contributed by atoms with van der Waals surface area (Å²) in [6, 6.07) is 0.212. The highest BCUT2D eigenvalue weighted by Gasteiger charge is 2.29. The minimum Gasteiger partial charge on any atom is -0.341 e. The molecule has 0 radical (unpaired) electrons. The first kappa shape index (κ1) is 16.2. The number of hydrogen-bond donors (Lipinski definition) is 0. The van der Waals surface area contributed by atoms with Crippen LogP contribution in [-0.4, -0.2) is 48.8 Å². The molecule has 1 amide bonds. The number of amides is 1. The standard InChI is InChI=1S/C17H24N6O2/c1-11-18-12(2)23(20-11)14-4-3-9-22(10-14)16(24)8-7-15-19-17(21-25-15)13-5-6-13/h13-14H,3-10H2,1-2H3/t14-/m0/s1. The van der Waals surface area contributed by atoms with Crippen LogP contribution in [0.15, 0.2) is 4.52 Å². The van der Waals surface area contributed by atoms with E-state index in [0.717, 1.165) is 49.7 Å². The van der Waals surface area contributed by atoms with Gasteiger partial charge in [0, 0.05) is 31.8 Å². The summed E-state index contributed by atoms with van der Waals surface area (Å²) in [5, 5.41) is 8.48. The van der Waals surface area contributed by atoms with Crippen molar-refractivity contribution in [1.82, 2.24) is 29.8 Å². The third kappa shape index (κ3) is 3.57. The van der Waals surface area contributed by atoms with Crippen LogP contribution in [0.4, 0.5) is 0 Å². The summed E-state index contributed by atoms with van der Waals surface area (Å²) in [6.45, 7) is 5.36. The number of rotatable bonds is 5. The van der Waals surface area contributed by atoms with Gasteiger partial charge in [0.15, 0.2) is 5.82 Å². The lowest BCUT2D eigenvalue weighted by Crippen LogP contribution is -2.41. The Labute approximate surface area is 146 Å². The van der Waals surface area contributed by atoms with Gasteiger partial charge in [-0.15, -0.1) is 0 Å². The van der Waals surface area contributed by atoms with Crippen LogP contribution in [0.5, 0.6) is 0 Å². The smallest absolute Gasteiger partial charge is 0.227 e. The predicted octanol–water partition coefficient (Wildman–Crippen LogP) is 1.95. The van der Waals surface area contributed by atoms with Gasteiger partial charge in [0.1, 0.15) is 11.6 Å². The monoisotopic (exact) mass is 344 g/mol. The van der Waals surface area contributed by atoms with Gasteiger partial charge >= 0.3 is 0 Å². The molecular formula is C17H24N6O2. The van der Waals surface area contributed by atoms with E-state index in [2.05, 4.69) is 20.2 Å². The number of carbonyl (C=O) groups excluding carboxylic acids is 1. The average molecular weight is 344 g/mol. The minimum absolute atomic E-state index is 0.144. The minimum atomic E-state index is 0.144. The van der Waals surface area contributed by atoms with Crippen LogP contribution < -0.4 is 0 Å². The largest absolute Gasteiger partial charge is 0.341 e. The van der Waals surface area contributed by atoms with Crippen molar-refractivity contribution in [2.24, 2.45) is 0 Å². The van der Waals surface area contributed by atoms with Gasteiger partial charge in [-0.05, 0) is 39.5 Å². The lowest BCUT2D eigenvalue weighted by atomic mass is 10.1. The van der Waals surface area contributed by atoms with Crippen LogP contribution >= 0.6 is 0 Å². The maximum Gasteiger partial charge on any atom is 0.227 e. The summed E-state index contributed by atoms with van der Waals surface area (Å²) in [5.41, 5.74) is 0. The molecule has 4 rings (SSSR count). The van der Waals surface area contributed by atoms with Crippen molar-refractivity contribution in [3.8, 4) is 0 Å². The SMILES string of the molecule is Cc1nc(C)n([C@H]2CCCN(C(=O)CCc3nc(C4CC4)no3)C2)n1. The fourth-order valence-electron chi connectivity index (χ4n) is 3.51. The molecule has 8 nitrogen and oxygen atoms in total. The van der Waals surface area contributed by atoms with Crippen molar-refractivity contribution in [3.63, 3.8) is 0 Å². The van der Waals surface area contributed by atoms with E-state index in [-0.39, 0.29) is 11.9 Å². The third-order valence-electron chi connectivity index (χ3n) is 4.98. The summed E-state index contributed by atoms with van der Waals surface area (Å²) in [7, 11) is 0. The first-order valence-electron chi connectivity index (χ1n) is 9.10. The topological polar surface area (TPSA) is 89.9 Å². The molecule has 1 aliphatic heterocycles. The second-order valence-corrected chi connectivity index (χ2v) is 7.11. The molecule has 1 saturated heterocycles. The summed E-state index contributed by atoms with van der Waals surface area (Å²) in [6.07, 6.45) is 5.24. The quantitative estimate of drug-likeness (QED) is 0.823. The Morgan fingerprint density at radius 2 is 2.08 bits per heavy atom.